The topological polar surface area (TPSA) is 124 Å². The largest absolute Gasteiger partial charge is 0.467 e. The van der Waals surface area contributed by atoms with Gasteiger partial charge in [-0.25, -0.2) is 9.59 Å². The summed E-state index contributed by atoms with van der Waals surface area (Å²) in [7, 11) is 1.26. The van der Waals surface area contributed by atoms with Gasteiger partial charge in [0.05, 0.1) is 26.4 Å². The fourth-order valence-corrected chi connectivity index (χ4v) is 4.10. The van der Waals surface area contributed by atoms with Crippen molar-refractivity contribution in [3.63, 3.8) is 0 Å². The van der Waals surface area contributed by atoms with Crippen molar-refractivity contribution in [3.8, 4) is 0 Å². The van der Waals surface area contributed by atoms with Gasteiger partial charge in [-0.05, 0) is 12.0 Å². The first-order valence-corrected chi connectivity index (χ1v) is 10.1. The van der Waals surface area contributed by atoms with Gasteiger partial charge in [-0.3, -0.25) is 0 Å². The minimum absolute atomic E-state index is 0.112. The molecule has 2 heterocycles. The SMILES string of the molecule is CCCC1(C(=O)OC)CC2OC(=O)NC2C(C(O)C(O)COCc2ccccc2)O1. The second-order valence-electron chi connectivity index (χ2n) is 7.70. The zero-order valence-corrected chi connectivity index (χ0v) is 17.2. The molecule has 6 atom stereocenters. The molecule has 1 aromatic rings. The predicted octanol–water partition coefficient (Wildman–Crippen LogP) is 0.903. The first-order chi connectivity index (χ1) is 14.4. The fraction of sp³-hybridized carbons (Fsp3) is 0.619. The number of nitrogens with one attached hydrogen (secondary N) is 1. The summed E-state index contributed by atoms with van der Waals surface area (Å²) in [6.45, 7) is 2.00. The van der Waals surface area contributed by atoms with Crippen molar-refractivity contribution >= 4 is 12.1 Å². The minimum atomic E-state index is -1.42. The molecule has 0 bridgehead atoms. The van der Waals surface area contributed by atoms with Crippen LogP contribution < -0.4 is 5.32 Å². The Morgan fingerprint density at radius 3 is 2.73 bits per heavy atom. The van der Waals surface area contributed by atoms with Gasteiger partial charge in [0.1, 0.15) is 24.4 Å². The molecule has 9 nitrogen and oxygen atoms in total. The van der Waals surface area contributed by atoms with Gasteiger partial charge in [-0.15, -0.1) is 0 Å². The molecule has 0 saturated carbocycles. The quantitative estimate of drug-likeness (QED) is 0.501. The molecule has 0 aliphatic carbocycles. The maximum Gasteiger partial charge on any atom is 0.407 e. The molecule has 3 rings (SSSR count). The van der Waals surface area contributed by atoms with Gasteiger partial charge in [0.25, 0.3) is 0 Å². The van der Waals surface area contributed by atoms with E-state index in [4.69, 9.17) is 18.9 Å². The Labute approximate surface area is 175 Å². The molecule has 0 radical (unpaired) electrons. The van der Waals surface area contributed by atoms with E-state index in [9.17, 15) is 19.8 Å². The van der Waals surface area contributed by atoms with Crippen LogP contribution in [0.1, 0.15) is 31.7 Å². The van der Waals surface area contributed by atoms with Crippen LogP contribution in [0.15, 0.2) is 30.3 Å². The number of aliphatic hydroxyl groups excluding tert-OH is 2. The third-order valence-corrected chi connectivity index (χ3v) is 5.53. The van der Waals surface area contributed by atoms with E-state index in [0.717, 1.165) is 5.56 Å². The van der Waals surface area contributed by atoms with Crippen molar-refractivity contribution < 1.29 is 38.7 Å². The van der Waals surface area contributed by atoms with Crippen molar-refractivity contribution in [1.29, 1.82) is 0 Å². The number of benzene rings is 1. The summed E-state index contributed by atoms with van der Waals surface area (Å²) >= 11 is 0. The van der Waals surface area contributed by atoms with Gasteiger partial charge in [0, 0.05) is 6.42 Å². The van der Waals surface area contributed by atoms with Crippen LogP contribution in [-0.2, 0) is 30.3 Å². The second kappa shape index (κ2) is 9.74. The van der Waals surface area contributed by atoms with Crippen LogP contribution in [-0.4, -0.2) is 72.1 Å². The fourth-order valence-electron chi connectivity index (χ4n) is 4.10. The molecular weight excluding hydrogens is 394 g/mol. The third kappa shape index (κ3) is 4.75. The van der Waals surface area contributed by atoms with Crippen molar-refractivity contribution in [2.24, 2.45) is 0 Å². The first kappa shape index (κ1) is 22.5. The Balaban J connectivity index is 1.71. The van der Waals surface area contributed by atoms with Crippen molar-refractivity contribution in [2.75, 3.05) is 13.7 Å². The Kier molecular flexibility index (Phi) is 7.30. The molecule has 1 aromatic carbocycles. The van der Waals surface area contributed by atoms with Crippen LogP contribution in [0.2, 0.25) is 0 Å². The highest BCUT2D eigenvalue weighted by molar-refractivity contribution is 5.80. The standard InChI is InChI=1S/C21H29NO8/c1-3-9-21(19(25)27-2)10-15-16(22-20(26)29-15)18(30-21)17(24)14(23)12-28-11-13-7-5-4-6-8-13/h4-8,14-18,23-24H,3,9-12H2,1-2H3,(H,22,26). The smallest absolute Gasteiger partial charge is 0.407 e. The van der Waals surface area contributed by atoms with Crippen molar-refractivity contribution in [3.05, 3.63) is 35.9 Å². The number of esters is 1. The lowest BCUT2D eigenvalue weighted by Gasteiger charge is -2.45. The average Bonchev–Trinajstić information content (AvgIpc) is 3.12. The lowest BCUT2D eigenvalue weighted by atomic mass is 9.81. The monoisotopic (exact) mass is 423 g/mol. The predicted molar refractivity (Wildman–Crippen MR) is 104 cm³/mol. The number of hydrogen-bond donors (Lipinski definition) is 3. The van der Waals surface area contributed by atoms with Gasteiger partial charge in [0.2, 0.25) is 0 Å². The Morgan fingerprint density at radius 2 is 2.07 bits per heavy atom. The number of carbonyl (C=O) groups excluding carboxylic acids is 2. The van der Waals surface area contributed by atoms with E-state index in [-0.39, 0.29) is 19.6 Å². The number of aliphatic hydroxyl groups is 2. The van der Waals surface area contributed by atoms with Crippen LogP contribution in [0.3, 0.4) is 0 Å². The van der Waals surface area contributed by atoms with Crippen molar-refractivity contribution in [2.45, 2.75) is 68.9 Å². The molecular formula is C21H29NO8. The summed E-state index contributed by atoms with van der Waals surface area (Å²) < 4.78 is 21.8. The summed E-state index contributed by atoms with van der Waals surface area (Å²) in [5, 5.41) is 23.9. The molecule has 0 spiro atoms. The van der Waals surface area contributed by atoms with Gasteiger partial charge in [-0.1, -0.05) is 43.7 Å². The maximum atomic E-state index is 12.5. The van der Waals surface area contributed by atoms with Crippen LogP contribution in [0.4, 0.5) is 4.79 Å². The molecule has 0 aromatic heterocycles. The normalized spacial score (nSPS) is 30.0. The highest BCUT2D eigenvalue weighted by Crippen LogP contribution is 2.39. The van der Waals surface area contributed by atoms with E-state index >= 15 is 0 Å². The van der Waals surface area contributed by atoms with E-state index in [1.807, 2.05) is 37.3 Å². The van der Waals surface area contributed by atoms with E-state index in [1.54, 1.807) is 0 Å². The van der Waals surface area contributed by atoms with Gasteiger partial charge in [0.15, 0.2) is 5.60 Å². The van der Waals surface area contributed by atoms with Gasteiger partial charge >= 0.3 is 12.1 Å². The maximum absolute atomic E-state index is 12.5. The molecule has 2 fully saturated rings. The van der Waals surface area contributed by atoms with Crippen LogP contribution in [0, 0.1) is 0 Å². The van der Waals surface area contributed by atoms with Crippen molar-refractivity contribution in [1.82, 2.24) is 5.32 Å². The minimum Gasteiger partial charge on any atom is -0.467 e. The molecule has 3 N–H and O–H groups in total. The molecule has 2 saturated heterocycles. The number of hydrogen-bond acceptors (Lipinski definition) is 8. The number of alkyl carbamates (subject to hydrolysis) is 1. The Bertz CT molecular complexity index is 729. The molecule has 6 unspecified atom stereocenters. The van der Waals surface area contributed by atoms with Crippen LogP contribution in [0.25, 0.3) is 0 Å². The van der Waals surface area contributed by atoms with Gasteiger partial charge in [-0.2, -0.15) is 0 Å². The lowest BCUT2D eigenvalue weighted by molar-refractivity contribution is -0.226. The van der Waals surface area contributed by atoms with E-state index in [0.29, 0.717) is 12.8 Å². The van der Waals surface area contributed by atoms with E-state index < -0.39 is 48.1 Å². The summed E-state index contributed by atoms with van der Waals surface area (Å²) in [4.78, 5) is 24.3. The van der Waals surface area contributed by atoms with Crippen LogP contribution >= 0.6 is 0 Å². The summed E-state index contributed by atoms with van der Waals surface area (Å²) in [5.74, 6) is -0.599. The summed E-state index contributed by atoms with van der Waals surface area (Å²) in [6, 6.07) is 8.72. The molecule has 30 heavy (non-hydrogen) atoms. The average molecular weight is 423 g/mol. The zero-order chi connectivity index (χ0) is 21.7. The zero-order valence-electron chi connectivity index (χ0n) is 17.2. The summed E-state index contributed by atoms with van der Waals surface area (Å²) in [5.41, 5.74) is -0.440. The number of rotatable bonds is 9. The molecule has 2 aliphatic heterocycles. The Morgan fingerprint density at radius 1 is 1.33 bits per heavy atom. The first-order valence-electron chi connectivity index (χ1n) is 10.1. The highest BCUT2D eigenvalue weighted by atomic mass is 16.6. The lowest BCUT2D eigenvalue weighted by Crippen LogP contribution is -2.64. The Hall–Kier alpha value is -2.20. The van der Waals surface area contributed by atoms with Crippen LogP contribution in [0.5, 0.6) is 0 Å². The number of carbonyl (C=O) groups is 2. The van der Waals surface area contributed by atoms with Gasteiger partial charge < -0.3 is 34.5 Å². The number of ether oxygens (including phenoxy) is 4. The molecule has 166 valence electrons. The molecule has 9 heteroatoms. The van der Waals surface area contributed by atoms with E-state index in [1.165, 1.54) is 7.11 Å². The highest BCUT2D eigenvalue weighted by Gasteiger charge is 2.58. The number of fused-ring (bicyclic) bond motifs is 1. The second-order valence-corrected chi connectivity index (χ2v) is 7.70. The third-order valence-electron chi connectivity index (χ3n) is 5.53. The van der Waals surface area contributed by atoms with E-state index in [2.05, 4.69) is 5.32 Å². The number of methoxy groups -OCH3 is 1. The summed E-state index contributed by atoms with van der Waals surface area (Å²) in [6.07, 6.45) is -4.09. The molecule has 1 amide bonds. The molecule has 2 aliphatic rings. The number of amides is 1.